The van der Waals surface area contributed by atoms with Crippen molar-refractivity contribution in [3.05, 3.63) is 35.4 Å². The maximum atomic E-state index is 13.8. The highest BCUT2D eigenvalue weighted by atomic mass is 19.2. The summed E-state index contributed by atoms with van der Waals surface area (Å²) in [6.07, 6.45) is 4.56. The molecule has 0 heterocycles. The molecule has 0 aliphatic heterocycles. The van der Waals surface area contributed by atoms with E-state index in [1.165, 1.54) is 6.07 Å². The minimum Gasteiger partial charge on any atom is -0.390 e. The Labute approximate surface area is 126 Å². The normalized spacial score (nSPS) is 26.9. The molecule has 0 spiro atoms. The van der Waals surface area contributed by atoms with Gasteiger partial charge in [0.25, 0.3) is 0 Å². The zero-order chi connectivity index (χ0) is 15.7. The third-order valence-corrected chi connectivity index (χ3v) is 5.48. The van der Waals surface area contributed by atoms with Gasteiger partial charge in [-0.2, -0.15) is 0 Å². The van der Waals surface area contributed by atoms with E-state index in [-0.39, 0.29) is 17.4 Å². The summed E-state index contributed by atoms with van der Waals surface area (Å²) in [6.45, 7) is 6.74. The summed E-state index contributed by atoms with van der Waals surface area (Å²) < 4.78 is 27.0. The van der Waals surface area contributed by atoms with Crippen molar-refractivity contribution >= 4 is 0 Å². The van der Waals surface area contributed by atoms with E-state index in [1.807, 2.05) is 0 Å². The fourth-order valence-electron chi connectivity index (χ4n) is 3.44. The van der Waals surface area contributed by atoms with Crippen LogP contribution in [0.15, 0.2) is 18.2 Å². The lowest BCUT2D eigenvalue weighted by atomic mass is 9.65. The van der Waals surface area contributed by atoms with E-state index in [9.17, 15) is 13.9 Å². The van der Waals surface area contributed by atoms with Gasteiger partial charge in [-0.3, -0.25) is 0 Å². The van der Waals surface area contributed by atoms with Crippen molar-refractivity contribution < 1.29 is 13.9 Å². The predicted octanol–water partition coefficient (Wildman–Crippen LogP) is 4.86. The van der Waals surface area contributed by atoms with Crippen molar-refractivity contribution in [1.82, 2.24) is 0 Å². The van der Waals surface area contributed by atoms with Crippen LogP contribution in [0.5, 0.6) is 0 Å². The summed E-state index contributed by atoms with van der Waals surface area (Å²) in [5.41, 5.74) is -0.328. The Balaban J connectivity index is 2.04. The molecule has 0 saturated heterocycles. The molecule has 0 bridgehead atoms. The molecule has 1 aliphatic carbocycles. The maximum Gasteiger partial charge on any atom is 0.162 e. The van der Waals surface area contributed by atoms with Gasteiger partial charge in [-0.1, -0.05) is 39.3 Å². The Bertz CT molecular complexity index is 488. The number of benzene rings is 1. The molecule has 1 aromatic carbocycles. The van der Waals surface area contributed by atoms with Gasteiger partial charge in [0.1, 0.15) is 0 Å². The molecule has 1 N–H and O–H groups in total. The third-order valence-electron chi connectivity index (χ3n) is 5.48. The Morgan fingerprint density at radius 2 is 1.86 bits per heavy atom. The molecule has 1 aromatic rings. The molecular formula is C18H26F2O. The van der Waals surface area contributed by atoms with Gasteiger partial charge in [-0.05, 0) is 48.6 Å². The molecular weight excluding hydrogens is 270 g/mol. The molecule has 1 aliphatic rings. The second-order valence-electron chi connectivity index (χ2n) is 7.23. The fourth-order valence-corrected chi connectivity index (χ4v) is 3.44. The molecule has 3 heteroatoms. The van der Waals surface area contributed by atoms with Crippen LogP contribution >= 0.6 is 0 Å². The highest BCUT2D eigenvalue weighted by Crippen LogP contribution is 2.44. The van der Waals surface area contributed by atoms with Gasteiger partial charge in [0, 0.05) is 6.42 Å². The van der Waals surface area contributed by atoms with E-state index in [1.54, 1.807) is 6.07 Å². The fraction of sp³-hybridized carbons (Fsp3) is 0.667. The number of hydrogen-bond acceptors (Lipinski definition) is 1. The van der Waals surface area contributed by atoms with E-state index in [2.05, 4.69) is 20.8 Å². The molecule has 0 unspecified atom stereocenters. The average molecular weight is 296 g/mol. The van der Waals surface area contributed by atoms with Gasteiger partial charge in [0.15, 0.2) is 11.6 Å². The van der Waals surface area contributed by atoms with Gasteiger partial charge < -0.3 is 5.11 Å². The largest absolute Gasteiger partial charge is 0.390 e. The van der Waals surface area contributed by atoms with Crippen molar-refractivity contribution in [1.29, 1.82) is 0 Å². The maximum absolute atomic E-state index is 13.8. The van der Waals surface area contributed by atoms with Gasteiger partial charge in [-0.25, -0.2) is 8.78 Å². The van der Waals surface area contributed by atoms with Crippen molar-refractivity contribution in [2.24, 2.45) is 11.3 Å². The number of rotatable bonds is 4. The Morgan fingerprint density at radius 3 is 2.43 bits per heavy atom. The lowest BCUT2D eigenvalue weighted by molar-refractivity contribution is -0.0282. The number of aliphatic hydroxyl groups is 1. The van der Waals surface area contributed by atoms with Gasteiger partial charge in [0.05, 0.1) is 5.60 Å². The van der Waals surface area contributed by atoms with Gasteiger partial charge >= 0.3 is 0 Å². The molecule has 0 amide bonds. The number of hydrogen-bond donors (Lipinski definition) is 1. The highest BCUT2D eigenvalue weighted by molar-refractivity contribution is 5.21. The number of halogens is 2. The second kappa shape index (κ2) is 6.04. The zero-order valence-corrected chi connectivity index (χ0v) is 13.3. The molecule has 0 radical (unpaired) electrons. The molecule has 0 atom stereocenters. The van der Waals surface area contributed by atoms with E-state index in [0.717, 1.165) is 25.3 Å². The minimum atomic E-state index is -0.894. The third kappa shape index (κ3) is 3.63. The van der Waals surface area contributed by atoms with Crippen LogP contribution in [0, 0.1) is 23.0 Å². The Kier molecular flexibility index (Phi) is 4.72. The van der Waals surface area contributed by atoms with Crippen LogP contribution in [0.2, 0.25) is 0 Å². The summed E-state index contributed by atoms with van der Waals surface area (Å²) in [7, 11) is 0. The first-order valence-electron chi connectivity index (χ1n) is 7.93. The summed E-state index contributed by atoms with van der Waals surface area (Å²) in [4.78, 5) is 0. The first-order chi connectivity index (χ1) is 9.77. The summed E-state index contributed by atoms with van der Waals surface area (Å²) in [5, 5.41) is 10.7. The second-order valence-corrected chi connectivity index (χ2v) is 7.23. The predicted molar refractivity (Wildman–Crippen MR) is 81.0 cm³/mol. The lowest BCUT2D eigenvalue weighted by Gasteiger charge is -2.42. The molecule has 1 fully saturated rings. The van der Waals surface area contributed by atoms with E-state index in [0.29, 0.717) is 18.8 Å². The topological polar surface area (TPSA) is 20.2 Å². The van der Waals surface area contributed by atoms with Crippen molar-refractivity contribution in [3.63, 3.8) is 0 Å². The van der Waals surface area contributed by atoms with Crippen LogP contribution in [-0.4, -0.2) is 10.7 Å². The monoisotopic (exact) mass is 296 g/mol. The summed E-state index contributed by atoms with van der Waals surface area (Å²) in [6, 6.07) is 4.19. The molecule has 1 nitrogen and oxygen atoms in total. The standard InChI is InChI=1S/C18H26F2O/c1-4-17(2,3)14-8-10-18(21,11-9-14)12-13-6-5-7-15(19)16(13)20/h5-7,14,21H,4,8-12H2,1-3H3. The van der Waals surface area contributed by atoms with Crippen LogP contribution in [0.4, 0.5) is 8.78 Å². The molecule has 0 aromatic heterocycles. The van der Waals surface area contributed by atoms with Crippen LogP contribution in [0.1, 0.15) is 58.4 Å². The van der Waals surface area contributed by atoms with E-state index >= 15 is 0 Å². The Morgan fingerprint density at radius 1 is 1.24 bits per heavy atom. The van der Waals surface area contributed by atoms with Gasteiger partial charge in [0.2, 0.25) is 0 Å². The highest BCUT2D eigenvalue weighted by Gasteiger charge is 2.38. The van der Waals surface area contributed by atoms with Crippen LogP contribution in [0.25, 0.3) is 0 Å². The van der Waals surface area contributed by atoms with Crippen LogP contribution < -0.4 is 0 Å². The average Bonchev–Trinajstić information content (AvgIpc) is 2.44. The zero-order valence-electron chi connectivity index (χ0n) is 13.3. The van der Waals surface area contributed by atoms with E-state index in [4.69, 9.17) is 0 Å². The minimum absolute atomic E-state index is 0.204. The summed E-state index contributed by atoms with van der Waals surface area (Å²) in [5.74, 6) is -1.06. The Hall–Kier alpha value is -0.960. The van der Waals surface area contributed by atoms with Crippen molar-refractivity contribution in [2.75, 3.05) is 0 Å². The summed E-state index contributed by atoms with van der Waals surface area (Å²) >= 11 is 0. The first kappa shape index (κ1) is 16.4. The molecule has 1 saturated carbocycles. The lowest BCUT2D eigenvalue weighted by Crippen LogP contribution is -2.39. The smallest absolute Gasteiger partial charge is 0.162 e. The molecule has 118 valence electrons. The van der Waals surface area contributed by atoms with Crippen LogP contribution in [-0.2, 0) is 6.42 Å². The molecule has 21 heavy (non-hydrogen) atoms. The van der Waals surface area contributed by atoms with Crippen LogP contribution in [0.3, 0.4) is 0 Å². The van der Waals surface area contributed by atoms with Crippen molar-refractivity contribution in [3.8, 4) is 0 Å². The molecule has 2 rings (SSSR count). The van der Waals surface area contributed by atoms with Crippen molar-refractivity contribution in [2.45, 2.75) is 64.9 Å². The van der Waals surface area contributed by atoms with Gasteiger partial charge in [-0.15, -0.1) is 0 Å². The van der Waals surface area contributed by atoms with E-state index < -0.39 is 17.2 Å². The quantitative estimate of drug-likeness (QED) is 0.841. The first-order valence-corrected chi connectivity index (χ1v) is 7.93. The SMILES string of the molecule is CCC(C)(C)C1CCC(O)(Cc2cccc(F)c2F)CC1.